The van der Waals surface area contributed by atoms with Gasteiger partial charge < -0.3 is 0 Å². The molecule has 0 bridgehead atoms. The monoisotopic (exact) mass is 200 g/mol. The minimum Gasteiger partial charge on any atom is -0.126 e. The summed E-state index contributed by atoms with van der Waals surface area (Å²) < 4.78 is 0. The predicted molar refractivity (Wildman–Crippen MR) is 55.8 cm³/mol. The summed E-state index contributed by atoms with van der Waals surface area (Å²) in [6.07, 6.45) is 4.96. The molecular weight excluding hydrogens is 191 g/mol. The van der Waals surface area contributed by atoms with Gasteiger partial charge in [0.25, 0.3) is 0 Å². The lowest BCUT2D eigenvalue weighted by Gasteiger charge is -1.92. The minimum atomic E-state index is 0.664. The number of allylic oxidation sites excluding steroid dienone is 1. The summed E-state index contributed by atoms with van der Waals surface area (Å²) in [4.78, 5) is 0. The quantitative estimate of drug-likeness (QED) is 0.648. The van der Waals surface area contributed by atoms with E-state index >= 15 is 0 Å². The molecule has 64 valence electrons. The predicted octanol–water partition coefficient (Wildman–Crippen LogP) is 3.98. The maximum Gasteiger partial charge on any atom is 0.0411 e. The van der Waals surface area contributed by atoms with E-state index in [1.54, 1.807) is 0 Å². The molecule has 0 heterocycles. The van der Waals surface area contributed by atoms with E-state index in [1.807, 2.05) is 36.4 Å². The van der Waals surface area contributed by atoms with Gasteiger partial charge in [-0.2, -0.15) is 0 Å². The van der Waals surface area contributed by atoms with Gasteiger partial charge in [-0.15, -0.1) is 11.6 Å². The molecular formula is C10H10Cl2. The van der Waals surface area contributed by atoms with Crippen LogP contribution in [0.25, 0.3) is 6.08 Å². The van der Waals surface area contributed by atoms with Crippen molar-refractivity contribution < 1.29 is 0 Å². The van der Waals surface area contributed by atoms with E-state index in [9.17, 15) is 0 Å². The van der Waals surface area contributed by atoms with Gasteiger partial charge in [0, 0.05) is 10.9 Å². The Balaban J connectivity index is 2.63. The second kappa shape index (κ2) is 5.23. The van der Waals surface area contributed by atoms with Gasteiger partial charge in [0.15, 0.2) is 0 Å². The summed E-state index contributed by atoms with van der Waals surface area (Å²) in [7, 11) is 0. The average Bonchev–Trinajstić information content (AvgIpc) is 2.05. The number of benzene rings is 1. The zero-order chi connectivity index (χ0) is 8.81. The van der Waals surface area contributed by atoms with E-state index in [-0.39, 0.29) is 0 Å². The lowest BCUT2D eigenvalue weighted by molar-refractivity contribution is 1.24. The summed E-state index contributed by atoms with van der Waals surface area (Å²) in [6, 6.07) is 7.73. The van der Waals surface area contributed by atoms with Crippen LogP contribution >= 0.6 is 23.2 Å². The first kappa shape index (κ1) is 9.63. The molecule has 0 aliphatic heterocycles. The molecule has 1 aromatic rings. The van der Waals surface area contributed by atoms with Crippen molar-refractivity contribution in [2.45, 2.75) is 6.42 Å². The maximum absolute atomic E-state index is 5.80. The van der Waals surface area contributed by atoms with Gasteiger partial charge in [0.05, 0.1) is 0 Å². The summed E-state index contributed by atoms with van der Waals surface area (Å²) >= 11 is 11.3. The van der Waals surface area contributed by atoms with E-state index in [1.165, 1.54) is 0 Å². The van der Waals surface area contributed by atoms with Crippen LogP contribution in [0, 0.1) is 0 Å². The standard InChI is InChI=1S/C10H10Cl2/c11-7-2-1-4-9-5-3-6-10(12)8-9/h1,3-6,8H,2,7H2. The second-order valence-electron chi connectivity index (χ2n) is 2.44. The molecule has 0 aliphatic rings. The summed E-state index contributed by atoms with van der Waals surface area (Å²) in [5.41, 5.74) is 1.12. The Hall–Kier alpha value is -0.460. The molecule has 0 atom stereocenters. The van der Waals surface area contributed by atoms with Crippen molar-refractivity contribution in [1.82, 2.24) is 0 Å². The van der Waals surface area contributed by atoms with Crippen LogP contribution in [0.2, 0.25) is 5.02 Å². The van der Waals surface area contributed by atoms with Crippen LogP contribution in [0.5, 0.6) is 0 Å². The first-order valence-corrected chi connectivity index (χ1v) is 4.72. The van der Waals surface area contributed by atoms with Gasteiger partial charge in [-0.05, 0) is 24.1 Å². The molecule has 0 saturated heterocycles. The van der Waals surface area contributed by atoms with E-state index in [2.05, 4.69) is 0 Å². The SMILES string of the molecule is ClCCC=Cc1cccc(Cl)c1. The van der Waals surface area contributed by atoms with E-state index in [0.717, 1.165) is 17.0 Å². The molecule has 0 saturated carbocycles. The fourth-order valence-electron chi connectivity index (χ4n) is 0.893. The zero-order valence-electron chi connectivity index (χ0n) is 6.63. The van der Waals surface area contributed by atoms with Crippen LogP contribution in [0.4, 0.5) is 0 Å². The zero-order valence-corrected chi connectivity index (χ0v) is 8.15. The molecule has 0 aliphatic carbocycles. The molecule has 0 N–H and O–H groups in total. The third-order valence-electron chi connectivity index (χ3n) is 1.43. The summed E-state index contributed by atoms with van der Waals surface area (Å²) in [5.74, 6) is 0.664. The molecule has 0 radical (unpaired) electrons. The fraction of sp³-hybridized carbons (Fsp3) is 0.200. The maximum atomic E-state index is 5.80. The molecule has 12 heavy (non-hydrogen) atoms. The largest absolute Gasteiger partial charge is 0.126 e. The average molecular weight is 201 g/mol. The van der Waals surface area contributed by atoms with Gasteiger partial charge >= 0.3 is 0 Å². The van der Waals surface area contributed by atoms with Crippen molar-refractivity contribution in [1.29, 1.82) is 0 Å². The number of halogens is 2. The number of alkyl halides is 1. The summed E-state index contributed by atoms with van der Waals surface area (Å²) in [5, 5.41) is 0.767. The van der Waals surface area contributed by atoms with E-state index in [4.69, 9.17) is 23.2 Å². The van der Waals surface area contributed by atoms with Gasteiger partial charge in [-0.1, -0.05) is 35.9 Å². The van der Waals surface area contributed by atoms with Gasteiger partial charge in [-0.25, -0.2) is 0 Å². The Morgan fingerprint density at radius 2 is 2.17 bits per heavy atom. The number of hydrogen-bond acceptors (Lipinski definition) is 0. The molecule has 2 heteroatoms. The van der Waals surface area contributed by atoms with Crippen molar-refractivity contribution >= 4 is 29.3 Å². The highest BCUT2D eigenvalue weighted by Crippen LogP contribution is 2.11. The molecule has 0 spiro atoms. The number of rotatable bonds is 3. The highest BCUT2D eigenvalue weighted by atomic mass is 35.5. The first-order valence-electron chi connectivity index (χ1n) is 3.81. The van der Waals surface area contributed by atoms with Gasteiger partial charge in [0.1, 0.15) is 0 Å². The van der Waals surface area contributed by atoms with Crippen molar-refractivity contribution in [2.24, 2.45) is 0 Å². The highest BCUT2D eigenvalue weighted by Gasteiger charge is 1.87. The summed E-state index contributed by atoms with van der Waals surface area (Å²) in [6.45, 7) is 0. The second-order valence-corrected chi connectivity index (χ2v) is 3.25. The Bertz CT molecular complexity index is 266. The lowest BCUT2D eigenvalue weighted by atomic mass is 10.2. The minimum absolute atomic E-state index is 0.664. The van der Waals surface area contributed by atoms with Crippen molar-refractivity contribution in [2.75, 3.05) is 5.88 Å². The third-order valence-corrected chi connectivity index (χ3v) is 1.89. The molecule has 1 rings (SSSR count). The van der Waals surface area contributed by atoms with Crippen molar-refractivity contribution in [3.8, 4) is 0 Å². The van der Waals surface area contributed by atoms with Crippen LogP contribution in [-0.4, -0.2) is 5.88 Å². The smallest absolute Gasteiger partial charge is 0.0411 e. The van der Waals surface area contributed by atoms with Crippen LogP contribution in [0.3, 0.4) is 0 Å². The van der Waals surface area contributed by atoms with Crippen LogP contribution in [0.1, 0.15) is 12.0 Å². The topological polar surface area (TPSA) is 0 Å². The van der Waals surface area contributed by atoms with Crippen LogP contribution in [0.15, 0.2) is 30.3 Å². The molecule has 0 amide bonds. The van der Waals surface area contributed by atoms with Crippen molar-refractivity contribution in [3.63, 3.8) is 0 Å². The van der Waals surface area contributed by atoms with E-state index < -0.39 is 0 Å². The van der Waals surface area contributed by atoms with Crippen molar-refractivity contribution in [3.05, 3.63) is 40.9 Å². The Kier molecular flexibility index (Phi) is 4.20. The van der Waals surface area contributed by atoms with Crippen LogP contribution in [-0.2, 0) is 0 Å². The molecule has 0 fully saturated rings. The molecule has 1 aromatic carbocycles. The fourth-order valence-corrected chi connectivity index (χ4v) is 1.22. The Morgan fingerprint density at radius 1 is 1.33 bits per heavy atom. The highest BCUT2D eigenvalue weighted by molar-refractivity contribution is 6.30. The molecule has 0 aromatic heterocycles. The lowest BCUT2D eigenvalue weighted by Crippen LogP contribution is -1.71. The van der Waals surface area contributed by atoms with Gasteiger partial charge in [-0.3, -0.25) is 0 Å². The van der Waals surface area contributed by atoms with E-state index in [0.29, 0.717) is 5.88 Å². The molecule has 0 unspecified atom stereocenters. The van der Waals surface area contributed by atoms with Gasteiger partial charge in [0.2, 0.25) is 0 Å². The number of hydrogen-bond donors (Lipinski definition) is 0. The van der Waals surface area contributed by atoms with Crippen LogP contribution < -0.4 is 0 Å². The Morgan fingerprint density at radius 3 is 2.83 bits per heavy atom. The molecule has 0 nitrogen and oxygen atoms in total. The third kappa shape index (κ3) is 3.29. The first-order chi connectivity index (χ1) is 5.83. The normalized spacial score (nSPS) is 10.8. The Labute approximate surface area is 82.8 Å².